The largest absolute Gasteiger partial charge is 0.497 e. The number of alkyl halides is 2. The summed E-state index contributed by atoms with van der Waals surface area (Å²) in [5.74, 6) is 0.558. The van der Waals surface area contributed by atoms with E-state index < -0.39 is 6.55 Å². The lowest BCUT2D eigenvalue weighted by Gasteiger charge is -2.10. The average molecular weight is 338 g/mol. The fourth-order valence-corrected chi connectivity index (χ4v) is 2.30. The van der Waals surface area contributed by atoms with Gasteiger partial charge in [0.25, 0.3) is 0 Å². The van der Waals surface area contributed by atoms with Crippen molar-refractivity contribution in [1.29, 1.82) is 0 Å². The lowest BCUT2D eigenvalue weighted by atomic mass is 10.1. The summed E-state index contributed by atoms with van der Waals surface area (Å²) in [6.07, 6.45) is 1.31. The number of rotatable bonds is 3. The monoisotopic (exact) mass is 336 g/mol. The van der Waals surface area contributed by atoms with Crippen LogP contribution in [0.4, 0.5) is 8.78 Å². The highest BCUT2D eigenvalue weighted by molar-refractivity contribution is 9.10. The van der Waals surface area contributed by atoms with Crippen LogP contribution in [0.2, 0.25) is 5.02 Å². The van der Waals surface area contributed by atoms with Gasteiger partial charge >= 0.3 is 6.55 Å². The van der Waals surface area contributed by atoms with E-state index in [4.69, 9.17) is 16.3 Å². The van der Waals surface area contributed by atoms with Crippen molar-refractivity contribution in [2.45, 2.75) is 6.55 Å². The fourth-order valence-electron chi connectivity index (χ4n) is 1.56. The molecule has 0 unspecified atom stereocenters. The molecule has 18 heavy (non-hydrogen) atoms. The Kier molecular flexibility index (Phi) is 3.87. The third kappa shape index (κ3) is 2.35. The topological polar surface area (TPSA) is 27.1 Å². The highest BCUT2D eigenvalue weighted by atomic mass is 79.9. The number of ether oxygens (including phenoxy) is 1. The zero-order chi connectivity index (χ0) is 13.3. The van der Waals surface area contributed by atoms with Crippen LogP contribution in [0, 0.1) is 0 Å². The van der Waals surface area contributed by atoms with E-state index in [1.807, 2.05) is 0 Å². The van der Waals surface area contributed by atoms with Gasteiger partial charge in [0.05, 0.1) is 28.5 Å². The second-order valence-corrected chi connectivity index (χ2v) is 4.67. The molecule has 1 aromatic heterocycles. The van der Waals surface area contributed by atoms with Gasteiger partial charge in [-0.25, -0.2) is 4.68 Å². The Hall–Kier alpha value is -1.14. The maximum Gasteiger partial charge on any atom is 0.333 e. The van der Waals surface area contributed by atoms with Crippen molar-refractivity contribution in [3.05, 3.63) is 33.9 Å². The van der Waals surface area contributed by atoms with Gasteiger partial charge in [-0.1, -0.05) is 11.6 Å². The normalized spacial score (nSPS) is 11.0. The van der Waals surface area contributed by atoms with Crippen LogP contribution in [0.1, 0.15) is 6.55 Å². The van der Waals surface area contributed by atoms with Crippen LogP contribution in [-0.4, -0.2) is 16.9 Å². The predicted molar refractivity (Wildman–Crippen MR) is 68.2 cm³/mol. The second-order valence-electron chi connectivity index (χ2n) is 3.41. The van der Waals surface area contributed by atoms with Crippen molar-refractivity contribution < 1.29 is 13.5 Å². The summed E-state index contributed by atoms with van der Waals surface area (Å²) in [6, 6.07) is 4.82. The number of methoxy groups -OCH3 is 1. The van der Waals surface area contributed by atoms with Gasteiger partial charge in [0.1, 0.15) is 5.75 Å². The molecule has 0 aliphatic rings. The van der Waals surface area contributed by atoms with Gasteiger partial charge < -0.3 is 4.74 Å². The molecular weight excluding hydrogens is 329 g/mol. The van der Waals surface area contributed by atoms with Gasteiger partial charge in [0.2, 0.25) is 0 Å². The first kappa shape index (κ1) is 13.3. The van der Waals surface area contributed by atoms with Crippen LogP contribution in [-0.2, 0) is 0 Å². The number of hydrogen-bond acceptors (Lipinski definition) is 2. The molecule has 0 saturated heterocycles. The summed E-state index contributed by atoms with van der Waals surface area (Å²) in [7, 11) is 1.50. The summed E-state index contributed by atoms with van der Waals surface area (Å²) in [6.45, 7) is -2.73. The van der Waals surface area contributed by atoms with Gasteiger partial charge in [-0.05, 0) is 34.1 Å². The molecule has 0 atom stereocenters. The van der Waals surface area contributed by atoms with E-state index >= 15 is 0 Å². The minimum atomic E-state index is -2.73. The van der Waals surface area contributed by atoms with Crippen LogP contribution in [0.5, 0.6) is 5.75 Å². The zero-order valence-electron chi connectivity index (χ0n) is 9.20. The minimum absolute atomic E-state index is 0.234. The van der Waals surface area contributed by atoms with E-state index in [9.17, 15) is 8.78 Å². The number of halogens is 4. The Labute approximate surface area is 115 Å². The van der Waals surface area contributed by atoms with Crippen molar-refractivity contribution in [3.63, 3.8) is 0 Å². The molecule has 2 rings (SSSR count). The first-order valence-electron chi connectivity index (χ1n) is 4.89. The van der Waals surface area contributed by atoms with E-state index in [1.165, 1.54) is 13.3 Å². The number of aromatic nitrogens is 2. The number of benzene rings is 1. The quantitative estimate of drug-likeness (QED) is 0.831. The highest BCUT2D eigenvalue weighted by Gasteiger charge is 2.19. The number of hydrogen-bond donors (Lipinski definition) is 0. The molecule has 0 aliphatic carbocycles. The van der Waals surface area contributed by atoms with E-state index in [0.29, 0.717) is 25.5 Å². The average Bonchev–Trinajstić information content (AvgIpc) is 2.71. The molecule has 0 spiro atoms. The third-order valence-corrected chi connectivity index (χ3v) is 3.26. The van der Waals surface area contributed by atoms with Crippen molar-refractivity contribution in [2.75, 3.05) is 7.11 Å². The molecule has 3 nitrogen and oxygen atoms in total. The molecule has 0 aliphatic heterocycles. The highest BCUT2D eigenvalue weighted by Crippen LogP contribution is 2.37. The molecule has 96 valence electrons. The lowest BCUT2D eigenvalue weighted by Crippen LogP contribution is -2.02. The molecule has 7 heteroatoms. The summed E-state index contributed by atoms with van der Waals surface area (Å²) >= 11 is 9.25. The molecule has 0 fully saturated rings. The molecule has 0 amide bonds. The lowest BCUT2D eigenvalue weighted by molar-refractivity contribution is 0.0585. The Morgan fingerprint density at radius 3 is 2.72 bits per heavy atom. The molecule has 0 radical (unpaired) electrons. The second kappa shape index (κ2) is 5.24. The number of nitrogens with zero attached hydrogens (tertiary/aromatic N) is 2. The molecule has 0 N–H and O–H groups in total. The molecule has 2 aromatic rings. The molecular formula is C11H8BrClF2N2O. The molecule has 0 bridgehead atoms. The predicted octanol–water partition coefficient (Wildman–Crippen LogP) is 4.37. The van der Waals surface area contributed by atoms with Crippen molar-refractivity contribution in [2.24, 2.45) is 0 Å². The Balaban J connectivity index is 2.58. The maximum absolute atomic E-state index is 12.8. The van der Waals surface area contributed by atoms with Crippen LogP contribution >= 0.6 is 27.5 Å². The maximum atomic E-state index is 12.8. The summed E-state index contributed by atoms with van der Waals surface area (Å²) in [4.78, 5) is 0. The minimum Gasteiger partial charge on any atom is -0.497 e. The SMILES string of the molecule is COc1ccc(-c2c(Br)cnn2C(F)F)c(Cl)c1. The van der Waals surface area contributed by atoms with Gasteiger partial charge in [-0.2, -0.15) is 13.9 Å². The van der Waals surface area contributed by atoms with Crippen molar-refractivity contribution in [3.8, 4) is 17.0 Å². The summed E-state index contributed by atoms with van der Waals surface area (Å²) in [5.41, 5.74) is 0.694. The zero-order valence-corrected chi connectivity index (χ0v) is 11.5. The Morgan fingerprint density at radius 2 is 2.17 bits per heavy atom. The van der Waals surface area contributed by atoms with E-state index in [0.717, 1.165) is 0 Å². The van der Waals surface area contributed by atoms with Crippen LogP contribution < -0.4 is 4.74 Å². The van der Waals surface area contributed by atoms with E-state index in [2.05, 4.69) is 21.0 Å². The smallest absolute Gasteiger partial charge is 0.333 e. The Morgan fingerprint density at radius 1 is 1.44 bits per heavy atom. The van der Waals surface area contributed by atoms with Crippen LogP contribution in [0.15, 0.2) is 28.9 Å². The summed E-state index contributed by atoms with van der Waals surface area (Å²) in [5, 5.41) is 3.92. The Bertz CT molecular complexity index is 574. The van der Waals surface area contributed by atoms with Crippen LogP contribution in [0.25, 0.3) is 11.3 Å². The standard InChI is InChI=1S/C11H8BrClF2N2O/c1-18-6-2-3-7(9(13)4-6)10-8(12)5-16-17(10)11(14)15/h2-5,11H,1H3. The first-order chi connectivity index (χ1) is 8.54. The first-order valence-corrected chi connectivity index (χ1v) is 6.06. The molecule has 0 saturated carbocycles. The van der Waals surface area contributed by atoms with Crippen LogP contribution in [0.3, 0.4) is 0 Å². The summed E-state index contributed by atoms with van der Waals surface area (Å²) < 4.78 is 31.7. The van der Waals surface area contributed by atoms with E-state index in [-0.39, 0.29) is 5.69 Å². The van der Waals surface area contributed by atoms with Crippen molar-refractivity contribution >= 4 is 27.5 Å². The van der Waals surface area contributed by atoms with Crippen molar-refractivity contribution in [1.82, 2.24) is 9.78 Å². The molecule has 1 heterocycles. The molecule has 1 aromatic carbocycles. The van der Waals surface area contributed by atoms with Gasteiger partial charge in [-0.15, -0.1) is 0 Å². The fraction of sp³-hybridized carbons (Fsp3) is 0.182. The van der Waals surface area contributed by atoms with Gasteiger partial charge in [0.15, 0.2) is 0 Å². The third-order valence-electron chi connectivity index (χ3n) is 2.37. The van der Waals surface area contributed by atoms with Gasteiger partial charge in [0, 0.05) is 5.56 Å². The van der Waals surface area contributed by atoms with E-state index in [1.54, 1.807) is 18.2 Å². The van der Waals surface area contributed by atoms with Gasteiger partial charge in [-0.3, -0.25) is 0 Å².